The van der Waals surface area contributed by atoms with E-state index in [1.54, 1.807) is 19.0 Å². The summed E-state index contributed by atoms with van der Waals surface area (Å²) < 4.78 is 2.82. The summed E-state index contributed by atoms with van der Waals surface area (Å²) in [5.41, 5.74) is 2.86. The van der Waals surface area contributed by atoms with Crippen LogP contribution in [-0.2, 0) is 11.2 Å². The number of fused-ring (bicyclic) bond motifs is 4. The lowest BCUT2D eigenvalue weighted by atomic mass is 9.79. The zero-order valence-corrected chi connectivity index (χ0v) is 24.1. The summed E-state index contributed by atoms with van der Waals surface area (Å²) in [6, 6.07) is 2.08. The van der Waals surface area contributed by atoms with E-state index < -0.39 is 6.09 Å². The molecule has 0 radical (unpaired) electrons. The molecule has 13 heteroatoms. The molecule has 3 aromatic rings. The third-order valence-electron chi connectivity index (χ3n) is 8.31. The molecule has 4 aliphatic rings. The number of nitrogens with zero attached hydrogens (tertiary/aromatic N) is 8. The van der Waals surface area contributed by atoms with Crippen LogP contribution in [0.3, 0.4) is 0 Å². The van der Waals surface area contributed by atoms with Crippen LogP contribution in [0, 0.1) is 5.92 Å². The van der Waals surface area contributed by atoms with E-state index in [1.165, 1.54) is 4.90 Å². The van der Waals surface area contributed by atoms with Crippen LogP contribution in [0.25, 0.3) is 22.1 Å². The maximum absolute atomic E-state index is 12.5. The highest BCUT2D eigenvalue weighted by molar-refractivity contribution is 9.10. The Morgan fingerprint density at radius 1 is 1.13 bits per heavy atom. The number of aromatic nitrogens is 4. The van der Waals surface area contributed by atoms with Crippen LogP contribution in [-0.4, -0.2) is 111 Å². The molecule has 6 heterocycles. The summed E-state index contributed by atoms with van der Waals surface area (Å²) in [5.74, 6) is 1.72. The maximum atomic E-state index is 12.5. The molecule has 202 valence electrons. The number of halogens is 2. The van der Waals surface area contributed by atoms with Gasteiger partial charge in [0.25, 0.3) is 0 Å². The van der Waals surface area contributed by atoms with E-state index in [4.69, 9.17) is 26.6 Å². The third-order valence-corrected chi connectivity index (χ3v) is 9.43. The Morgan fingerprint density at radius 3 is 2.50 bits per heavy atom. The van der Waals surface area contributed by atoms with E-state index in [0.717, 1.165) is 42.2 Å². The Bertz CT molecular complexity index is 1470. The molecule has 38 heavy (non-hydrogen) atoms. The van der Waals surface area contributed by atoms with Crippen LogP contribution in [0.2, 0.25) is 5.15 Å². The van der Waals surface area contributed by atoms with Crippen LogP contribution in [0.1, 0.15) is 24.7 Å². The van der Waals surface area contributed by atoms with Crippen molar-refractivity contribution in [2.75, 3.05) is 52.7 Å². The SMILES string of the molecule is CN(C)C(=O)CCc1nc2c(N3CC(N(C)C)C3)nc3cc(Br)c(Cl)nc3c2n1C1C2CC1N(C(=O)O)C2. The van der Waals surface area contributed by atoms with Crippen molar-refractivity contribution in [2.45, 2.75) is 37.4 Å². The first-order valence-electron chi connectivity index (χ1n) is 12.7. The van der Waals surface area contributed by atoms with Crippen LogP contribution in [0.5, 0.6) is 0 Å². The molecule has 1 N–H and O–H groups in total. The number of likely N-dealkylation sites (N-methyl/N-ethyl adjacent to an activating group) is 1. The largest absolute Gasteiger partial charge is 0.465 e. The number of amides is 2. The van der Waals surface area contributed by atoms with Crippen molar-refractivity contribution in [2.24, 2.45) is 5.92 Å². The van der Waals surface area contributed by atoms with Crippen LogP contribution in [0.15, 0.2) is 10.5 Å². The molecule has 4 fully saturated rings. The number of rotatable bonds is 6. The molecule has 3 aromatic heterocycles. The molecular formula is C25H30BrClN8O3. The second-order valence-corrected chi connectivity index (χ2v) is 12.2. The van der Waals surface area contributed by atoms with Crippen molar-refractivity contribution in [3.63, 3.8) is 0 Å². The standard InChI is InChI=1S/C25H30BrClN8O3/c1-31(2)13-10-33(11-13)24-20-22(19-15(28-24)8-14(26)23(27)30-19)35(17(29-20)5-6-18(36)32(3)4)21-12-7-16(21)34(9-12)25(37)38/h8,12-13,16,21H,5-7,9-11H2,1-4H3,(H,37,38). The lowest BCUT2D eigenvalue weighted by molar-refractivity contribution is -0.128. The molecule has 1 saturated carbocycles. The first-order valence-corrected chi connectivity index (χ1v) is 13.9. The van der Waals surface area contributed by atoms with Crippen molar-refractivity contribution in [1.29, 1.82) is 0 Å². The molecule has 0 spiro atoms. The van der Waals surface area contributed by atoms with Gasteiger partial charge < -0.3 is 29.3 Å². The minimum Gasteiger partial charge on any atom is -0.465 e. The molecule has 3 saturated heterocycles. The minimum atomic E-state index is -0.902. The molecular weight excluding hydrogens is 576 g/mol. The Kier molecular flexibility index (Phi) is 6.19. The first-order chi connectivity index (χ1) is 18.0. The van der Waals surface area contributed by atoms with Gasteiger partial charge in [0.2, 0.25) is 5.91 Å². The van der Waals surface area contributed by atoms with Gasteiger partial charge in [-0.05, 0) is 42.5 Å². The van der Waals surface area contributed by atoms with Gasteiger partial charge in [-0.2, -0.15) is 0 Å². The molecule has 11 nitrogen and oxygen atoms in total. The van der Waals surface area contributed by atoms with E-state index in [9.17, 15) is 14.7 Å². The van der Waals surface area contributed by atoms with Gasteiger partial charge in [0, 0.05) is 58.5 Å². The molecule has 3 atom stereocenters. The number of aryl methyl sites for hydroxylation is 1. The zero-order chi connectivity index (χ0) is 27.0. The van der Waals surface area contributed by atoms with Crippen molar-refractivity contribution in [3.05, 3.63) is 21.5 Å². The second-order valence-electron chi connectivity index (χ2n) is 11.0. The van der Waals surface area contributed by atoms with Crippen molar-refractivity contribution in [1.82, 2.24) is 34.2 Å². The second kappa shape index (κ2) is 9.20. The average Bonchev–Trinajstić information content (AvgIpc) is 3.50. The summed E-state index contributed by atoms with van der Waals surface area (Å²) in [4.78, 5) is 46.9. The van der Waals surface area contributed by atoms with Gasteiger partial charge in [-0.15, -0.1) is 0 Å². The van der Waals surface area contributed by atoms with Gasteiger partial charge in [0.15, 0.2) is 5.82 Å². The number of carbonyl (C=O) groups is 2. The summed E-state index contributed by atoms with van der Waals surface area (Å²) in [7, 11) is 7.63. The predicted octanol–water partition coefficient (Wildman–Crippen LogP) is 3.09. The summed E-state index contributed by atoms with van der Waals surface area (Å²) in [6.07, 6.45) is 0.647. The van der Waals surface area contributed by atoms with Gasteiger partial charge >= 0.3 is 6.09 Å². The normalized spacial score (nSPS) is 22.9. The Labute approximate surface area is 233 Å². The summed E-state index contributed by atoms with van der Waals surface area (Å²) in [6.45, 7) is 2.14. The number of hydrogen-bond donors (Lipinski definition) is 1. The van der Waals surface area contributed by atoms with Gasteiger partial charge in [0.1, 0.15) is 27.5 Å². The molecule has 2 bridgehead atoms. The topological polar surface area (TPSA) is 111 Å². The predicted molar refractivity (Wildman–Crippen MR) is 148 cm³/mol. The summed E-state index contributed by atoms with van der Waals surface area (Å²) in [5, 5.41) is 10.1. The number of carboxylic acid groups (broad SMARTS) is 1. The Balaban J connectivity index is 1.56. The van der Waals surface area contributed by atoms with Gasteiger partial charge in [0.05, 0.1) is 22.1 Å². The number of anilines is 1. The number of hydrogen-bond acceptors (Lipinski definition) is 7. The van der Waals surface area contributed by atoms with Gasteiger partial charge in [-0.3, -0.25) is 4.79 Å². The highest BCUT2D eigenvalue weighted by Crippen LogP contribution is 2.52. The molecule has 3 aliphatic heterocycles. The van der Waals surface area contributed by atoms with E-state index in [2.05, 4.69) is 44.4 Å². The Morgan fingerprint density at radius 2 is 1.87 bits per heavy atom. The van der Waals surface area contributed by atoms with Crippen LogP contribution in [0.4, 0.5) is 10.6 Å². The molecule has 7 rings (SSSR count). The van der Waals surface area contributed by atoms with Gasteiger partial charge in [-0.1, -0.05) is 11.6 Å². The lowest BCUT2D eigenvalue weighted by Gasteiger charge is -2.43. The number of carbonyl (C=O) groups excluding carboxylic acids is 1. The fraction of sp³-hybridized carbons (Fsp3) is 0.560. The highest BCUT2D eigenvalue weighted by Gasteiger charge is 2.56. The average molecular weight is 606 g/mol. The molecule has 0 aromatic carbocycles. The maximum Gasteiger partial charge on any atom is 0.407 e. The van der Waals surface area contributed by atoms with Crippen molar-refractivity contribution in [3.8, 4) is 0 Å². The van der Waals surface area contributed by atoms with Crippen molar-refractivity contribution >= 4 is 67.4 Å². The first kappa shape index (κ1) is 25.6. The quantitative estimate of drug-likeness (QED) is 0.427. The summed E-state index contributed by atoms with van der Waals surface area (Å²) >= 11 is 9.97. The van der Waals surface area contributed by atoms with Crippen LogP contribution < -0.4 is 4.90 Å². The highest BCUT2D eigenvalue weighted by atomic mass is 79.9. The van der Waals surface area contributed by atoms with Gasteiger partial charge in [-0.25, -0.2) is 19.7 Å². The third kappa shape index (κ3) is 3.91. The molecule has 2 amide bonds. The van der Waals surface area contributed by atoms with E-state index in [0.29, 0.717) is 46.1 Å². The Hall–Kier alpha value is -2.70. The lowest BCUT2D eigenvalue weighted by Crippen LogP contribution is -2.57. The fourth-order valence-electron chi connectivity index (χ4n) is 6.05. The molecule has 3 unspecified atom stereocenters. The smallest absolute Gasteiger partial charge is 0.407 e. The number of imidazole rings is 1. The monoisotopic (exact) mass is 604 g/mol. The zero-order valence-electron chi connectivity index (χ0n) is 21.7. The van der Waals surface area contributed by atoms with E-state index in [1.807, 2.05) is 6.07 Å². The van der Waals surface area contributed by atoms with E-state index in [-0.39, 0.29) is 23.9 Å². The molecule has 1 aliphatic carbocycles. The van der Waals surface area contributed by atoms with E-state index >= 15 is 0 Å². The fourth-order valence-corrected chi connectivity index (χ4v) is 6.50. The van der Waals surface area contributed by atoms with Crippen LogP contribution >= 0.6 is 27.5 Å². The van der Waals surface area contributed by atoms with Crippen molar-refractivity contribution < 1.29 is 14.7 Å². The minimum absolute atomic E-state index is 0.0113. The number of pyridine rings is 2.